The first-order valence-electron chi connectivity index (χ1n) is 11.5. The summed E-state index contributed by atoms with van der Waals surface area (Å²) in [7, 11) is 0. The van der Waals surface area contributed by atoms with E-state index in [9.17, 15) is 9.90 Å². The Hall–Kier alpha value is -3.50. The summed E-state index contributed by atoms with van der Waals surface area (Å²) < 4.78 is 6.20. The molecule has 34 heavy (non-hydrogen) atoms. The molecule has 0 spiro atoms. The van der Waals surface area contributed by atoms with Crippen molar-refractivity contribution in [2.45, 2.75) is 24.9 Å². The number of hydrogen-bond acceptors (Lipinski definition) is 3. The Morgan fingerprint density at radius 1 is 0.794 bits per heavy atom. The third-order valence-electron chi connectivity index (χ3n) is 6.17. The van der Waals surface area contributed by atoms with Crippen molar-refractivity contribution in [3.8, 4) is 22.3 Å². The number of fused-ring (bicyclic) bond motifs is 3. The molecule has 4 aromatic carbocycles. The van der Waals surface area contributed by atoms with Crippen LogP contribution < -0.4 is 0 Å². The molecular weight excluding hydrogens is 440 g/mol. The molecule has 1 N–H and O–H groups in total. The van der Waals surface area contributed by atoms with Crippen LogP contribution in [0.15, 0.2) is 95.4 Å². The van der Waals surface area contributed by atoms with Crippen LogP contribution >= 0.6 is 11.8 Å². The minimum atomic E-state index is -0.741. The van der Waals surface area contributed by atoms with Crippen molar-refractivity contribution in [2.24, 2.45) is 5.92 Å². The smallest absolute Gasteiger partial charge is 0.316 e. The largest absolute Gasteiger partial charge is 0.480 e. The lowest BCUT2D eigenvalue weighted by Crippen LogP contribution is -2.22. The fourth-order valence-corrected chi connectivity index (χ4v) is 5.44. The van der Waals surface area contributed by atoms with Gasteiger partial charge in [-0.25, -0.2) is 0 Å². The molecule has 1 unspecified atom stereocenters. The predicted molar refractivity (Wildman–Crippen MR) is 142 cm³/mol. The highest BCUT2D eigenvalue weighted by molar-refractivity contribution is 7.99. The van der Waals surface area contributed by atoms with Crippen LogP contribution in [0.2, 0.25) is 0 Å². The number of carbonyl (C=O) groups is 1. The van der Waals surface area contributed by atoms with Gasteiger partial charge in [0.2, 0.25) is 0 Å². The number of thioether (sulfide) groups is 1. The summed E-state index contributed by atoms with van der Waals surface area (Å²) in [5, 5.41) is 11.3. The van der Waals surface area contributed by atoms with E-state index in [0.717, 1.165) is 49.8 Å². The molecule has 1 heterocycles. The van der Waals surface area contributed by atoms with E-state index in [0.29, 0.717) is 5.75 Å². The van der Waals surface area contributed by atoms with Gasteiger partial charge in [0.25, 0.3) is 0 Å². The number of carboxylic acid groups (broad SMARTS) is 1. The van der Waals surface area contributed by atoms with Crippen molar-refractivity contribution in [1.82, 2.24) is 0 Å². The van der Waals surface area contributed by atoms with Crippen LogP contribution in [0.25, 0.3) is 44.2 Å². The molecule has 0 saturated heterocycles. The monoisotopic (exact) mass is 466 g/mol. The van der Waals surface area contributed by atoms with Crippen LogP contribution in [0, 0.1) is 5.92 Å². The third kappa shape index (κ3) is 4.34. The molecule has 0 radical (unpaired) electrons. The number of benzene rings is 4. The molecule has 3 nitrogen and oxygen atoms in total. The Morgan fingerprint density at radius 2 is 1.41 bits per heavy atom. The number of aliphatic carboxylic acids is 1. The number of para-hydroxylation sites is 2. The first-order chi connectivity index (χ1) is 16.5. The van der Waals surface area contributed by atoms with Crippen LogP contribution in [0.5, 0.6) is 0 Å². The third-order valence-corrected chi connectivity index (χ3v) is 7.77. The normalized spacial score (nSPS) is 12.4. The molecule has 0 fully saturated rings. The molecule has 0 amide bonds. The average Bonchev–Trinajstić information content (AvgIpc) is 3.23. The molecule has 0 saturated carbocycles. The molecule has 5 rings (SSSR count). The van der Waals surface area contributed by atoms with Gasteiger partial charge in [0.05, 0.1) is 0 Å². The van der Waals surface area contributed by atoms with E-state index in [1.165, 1.54) is 11.8 Å². The summed E-state index contributed by atoms with van der Waals surface area (Å²) in [4.78, 5) is 11.4. The van der Waals surface area contributed by atoms with Gasteiger partial charge in [-0.15, -0.1) is 11.8 Å². The second kappa shape index (κ2) is 9.40. The first-order valence-corrected chi connectivity index (χ1v) is 12.5. The number of rotatable bonds is 7. The molecule has 4 heteroatoms. The van der Waals surface area contributed by atoms with E-state index in [1.807, 2.05) is 32.0 Å². The SMILES string of the molecule is CC(C)C(SCc1ccc(-c2ccc(-c3cccc4c3oc3ccccc34)cc2)cc1)C(=O)O. The number of carboxylic acids is 1. The summed E-state index contributed by atoms with van der Waals surface area (Å²) in [6.45, 7) is 3.90. The lowest BCUT2D eigenvalue weighted by molar-refractivity contribution is -0.137. The van der Waals surface area contributed by atoms with Crippen LogP contribution in [-0.4, -0.2) is 16.3 Å². The summed E-state index contributed by atoms with van der Waals surface area (Å²) in [6.07, 6.45) is 0. The van der Waals surface area contributed by atoms with Gasteiger partial charge in [0.1, 0.15) is 16.4 Å². The molecular formula is C30H26O3S. The van der Waals surface area contributed by atoms with Crippen molar-refractivity contribution < 1.29 is 14.3 Å². The molecule has 0 bridgehead atoms. The molecule has 170 valence electrons. The average molecular weight is 467 g/mol. The van der Waals surface area contributed by atoms with Crippen molar-refractivity contribution in [1.29, 1.82) is 0 Å². The molecule has 5 aromatic rings. The maximum Gasteiger partial charge on any atom is 0.316 e. The van der Waals surface area contributed by atoms with Crippen LogP contribution in [-0.2, 0) is 10.5 Å². The Bertz CT molecular complexity index is 1450. The van der Waals surface area contributed by atoms with Gasteiger partial charge in [-0.05, 0) is 34.2 Å². The summed E-state index contributed by atoms with van der Waals surface area (Å²) >= 11 is 1.49. The van der Waals surface area contributed by atoms with Crippen LogP contribution in [0.3, 0.4) is 0 Å². The molecule has 1 atom stereocenters. The van der Waals surface area contributed by atoms with E-state index in [-0.39, 0.29) is 11.2 Å². The van der Waals surface area contributed by atoms with Crippen molar-refractivity contribution in [2.75, 3.05) is 0 Å². The van der Waals surface area contributed by atoms with Crippen LogP contribution in [0.4, 0.5) is 0 Å². The van der Waals surface area contributed by atoms with Gasteiger partial charge in [0.15, 0.2) is 0 Å². The zero-order valence-corrected chi connectivity index (χ0v) is 20.0. The van der Waals surface area contributed by atoms with Gasteiger partial charge in [-0.2, -0.15) is 0 Å². The van der Waals surface area contributed by atoms with Crippen LogP contribution in [0.1, 0.15) is 19.4 Å². The molecule has 1 aromatic heterocycles. The van der Waals surface area contributed by atoms with Crippen molar-refractivity contribution in [3.63, 3.8) is 0 Å². The summed E-state index contributed by atoms with van der Waals surface area (Å²) in [6, 6.07) is 31.4. The highest BCUT2D eigenvalue weighted by Gasteiger charge is 2.21. The predicted octanol–water partition coefficient (Wildman–Crippen LogP) is 8.26. The fraction of sp³-hybridized carbons (Fsp3) is 0.167. The Morgan fingerprint density at radius 3 is 2.09 bits per heavy atom. The van der Waals surface area contributed by atoms with Gasteiger partial charge < -0.3 is 9.52 Å². The highest BCUT2D eigenvalue weighted by Crippen LogP contribution is 2.36. The van der Waals surface area contributed by atoms with E-state index in [4.69, 9.17) is 4.42 Å². The first kappa shape index (κ1) is 22.3. The van der Waals surface area contributed by atoms with E-state index in [1.54, 1.807) is 0 Å². The Labute approximate surface area is 203 Å². The Kier molecular flexibility index (Phi) is 6.16. The molecule has 0 aliphatic heterocycles. The van der Waals surface area contributed by atoms with E-state index < -0.39 is 5.97 Å². The van der Waals surface area contributed by atoms with E-state index >= 15 is 0 Å². The van der Waals surface area contributed by atoms with Gasteiger partial charge in [0, 0.05) is 22.1 Å². The second-order valence-corrected chi connectivity index (χ2v) is 10.00. The highest BCUT2D eigenvalue weighted by atomic mass is 32.2. The number of furan rings is 1. The van der Waals surface area contributed by atoms with Gasteiger partial charge >= 0.3 is 5.97 Å². The second-order valence-electron chi connectivity index (χ2n) is 8.87. The number of hydrogen-bond donors (Lipinski definition) is 1. The molecule has 0 aliphatic carbocycles. The van der Waals surface area contributed by atoms with Crippen molar-refractivity contribution >= 4 is 39.7 Å². The quantitative estimate of drug-likeness (QED) is 0.262. The molecule has 0 aliphatic rings. The lowest BCUT2D eigenvalue weighted by Gasteiger charge is -2.15. The van der Waals surface area contributed by atoms with Gasteiger partial charge in [-0.1, -0.05) is 98.8 Å². The zero-order valence-electron chi connectivity index (χ0n) is 19.2. The maximum atomic E-state index is 11.4. The van der Waals surface area contributed by atoms with Gasteiger partial charge in [-0.3, -0.25) is 4.79 Å². The van der Waals surface area contributed by atoms with E-state index in [2.05, 4.69) is 72.8 Å². The fourth-order valence-electron chi connectivity index (χ4n) is 4.35. The minimum absolute atomic E-state index is 0.102. The van der Waals surface area contributed by atoms with Crippen molar-refractivity contribution in [3.05, 3.63) is 96.6 Å². The zero-order chi connectivity index (χ0) is 23.7. The maximum absolute atomic E-state index is 11.4. The standard InChI is InChI=1S/C30H26O3S/c1-19(2)29(30(31)32)34-18-20-10-12-21(13-11-20)22-14-16-23(17-15-22)24-7-5-8-26-25-6-3-4-9-27(25)33-28(24)26/h3-17,19,29H,18H2,1-2H3,(H,31,32). The summed E-state index contributed by atoms with van der Waals surface area (Å²) in [5.41, 5.74) is 7.45. The Balaban J connectivity index is 1.36. The lowest BCUT2D eigenvalue weighted by atomic mass is 9.98. The summed E-state index contributed by atoms with van der Waals surface area (Å²) in [5.74, 6) is 0.0522. The topological polar surface area (TPSA) is 50.4 Å². The minimum Gasteiger partial charge on any atom is -0.480 e.